The minimum Gasteiger partial charge on any atom is -0.338 e. The van der Waals surface area contributed by atoms with Crippen LogP contribution in [0.1, 0.15) is 23.6 Å². The van der Waals surface area contributed by atoms with Crippen LogP contribution in [0.5, 0.6) is 0 Å². The highest BCUT2D eigenvalue weighted by Gasteiger charge is 2.21. The van der Waals surface area contributed by atoms with E-state index in [4.69, 9.17) is 4.52 Å². The largest absolute Gasteiger partial charge is 0.338 e. The maximum atomic E-state index is 5.31. The van der Waals surface area contributed by atoms with Gasteiger partial charge in [-0.05, 0) is 36.4 Å². The summed E-state index contributed by atoms with van der Waals surface area (Å²) in [4.78, 5) is 8.34. The van der Waals surface area contributed by atoms with E-state index in [2.05, 4.69) is 40.8 Å². The Kier molecular flexibility index (Phi) is 3.98. The Morgan fingerprint density at radius 2 is 2.08 bits per heavy atom. The predicted octanol–water partition coefficient (Wildman–Crippen LogP) is 1.99. The number of nitrogens with one attached hydrogen (secondary N) is 1. The summed E-state index contributed by atoms with van der Waals surface area (Å²) in [5, 5.41) is 22.8. The molecule has 0 saturated carbocycles. The molecule has 0 bridgehead atoms. The SMILES string of the molecule is Cc1ccc(-n2nnnc2S[C@H](C)c2nc(-c3ncn[nH]3)no2)cc1. The number of aromatic amines is 1. The molecule has 0 radical (unpaired) electrons. The van der Waals surface area contributed by atoms with E-state index in [1.807, 2.05) is 38.1 Å². The molecular weight excluding hydrogens is 342 g/mol. The fourth-order valence-electron chi connectivity index (χ4n) is 2.12. The highest BCUT2D eigenvalue weighted by Crippen LogP contribution is 2.33. The van der Waals surface area contributed by atoms with Crippen molar-refractivity contribution < 1.29 is 4.52 Å². The van der Waals surface area contributed by atoms with Crippen LogP contribution in [0.2, 0.25) is 0 Å². The lowest BCUT2D eigenvalue weighted by molar-refractivity contribution is 0.380. The van der Waals surface area contributed by atoms with Crippen molar-refractivity contribution in [1.82, 2.24) is 45.5 Å². The fraction of sp³-hybridized carbons (Fsp3) is 0.214. The van der Waals surface area contributed by atoms with E-state index in [1.54, 1.807) is 4.68 Å². The first-order valence-corrected chi connectivity index (χ1v) is 8.30. The zero-order valence-electron chi connectivity index (χ0n) is 13.4. The Morgan fingerprint density at radius 3 is 2.84 bits per heavy atom. The number of benzene rings is 1. The number of hydrogen-bond acceptors (Lipinski definition) is 9. The maximum Gasteiger partial charge on any atom is 0.240 e. The van der Waals surface area contributed by atoms with Crippen molar-refractivity contribution in [3.05, 3.63) is 42.0 Å². The molecule has 0 fully saturated rings. The molecule has 4 rings (SSSR count). The van der Waals surface area contributed by atoms with Gasteiger partial charge in [0.2, 0.25) is 16.9 Å². The second-order valence-corrected chi connectivity index (χ2v) is 6.57. The first-order chi connectivity index (χ1) is 12.2. The lowest BCUT2D eigenvalue weighted by Gasteiger charge is -2.07. The Balaban J connectivity index is 1.55. The van der Waals surface area contributed by atoms with E-state index >= 15 is 0 Å². The van der Waals surface area contributed by atoms with Crippen molar-refractivity contribution in [3.63, 3.8) is 0 Å². The third-order valence-electron chi connectivity index (χ3n) is 3.42. The van der Waals surface area contributed by atoms with E-state index in [0.717, 1.165) is 5.69 Å². The molecule has 0 aliphatic rings. The predicted molar refractivity (Wildman–Crippen MR) is 87.8 cm³/mol. The van der Waals surface area contributed by atoms with Gasteiger partial charge in [-0.25, -0.2) is 4.98 Å². The number of hydrogen-bond donors (Lipinski definition) is 1. The lowest BCUT2D eigenvalue weighted by Crippen LogP contribution is -2.00. The monoisotopic (exact) mass is 355 g/mol. The van der Waals surface area contributed by atoms with Crippen LogP contribution in [0.3, 0.4) is 0 Å². The summed E-state index contributed by atoms with van der Waals surface area (Å²) < 4.78 is 6.99. The van der Waals surface area contributed by atoms with Crippen LogP contribution in [0.25, 0.3) is 17.3 Å². The smallest absolute Gasteiger partial charge is 0.240 e. The third-order valence-corrected chi connectivity index (χ3v) is 4.44. The van der Waals surface area contributed by atoms with Crippen LogP contribution < -0.4 is 0 Å². The molecule has 0 spiro atoms. The van der Waals surface area contributed by atoms with Crippen LogP contribution in [-0.2, 0) is 0 Å². The topological polar surface area (TPSA) is 124 Å². The van der Waals surface area contributed by atoms with Crippen LogP contribution in [0.4, 0.5) is 0 Å². The van der Waals surface area contributed by atoms with Gasteiger partial charge in [-0.1, -0.05) is 34.6 Å². The summed E-state index contributed by atoms with van der Waals surface area (Å²) in [5.74, 6) is 1.27. The van der Waals surface area contributed by atoms with E-state index in [1.165, 1.54) is 23.7 Å². The Morgan fingerprint density at radius 1 is 1.24 bits per heavy atom. The average molecular weight is 355 g/mol. The van der Waals surface area contributed by atoms with Gasteiger partial charge in [-0.2, -0.15) is 14.8 Å². The number of nitrogens with zero attached hydrogens (tertiary/aromatic N) is 8. The molecule has 0 aliphatic heterocycles. The molecule has 126 valence electrons. The molecule has 25 heavy (non-hydrogen) atoms. The van der Waals surface area contributed by atoms with Crippen molar-refractivity contribution in [1.29, 1.82) is 0 Å². The molecule has 4 aromatic rings. The number of H-pyrrole nitrogens is 1. The van der Waals surface area contributed by atoms with Crippen molar-refractivity contribution in [3.8, 4) is 17.3 Å². The number of thioether (sulfide) groups is 1. The van der Waals surface area contributed by atoms with Crippen LogP contribution in [0.15, 0.2) is 40.3 Å². The number of tetrazole rings is 1. The molecule has 0 unspecified atom stereocenters. The second-order valence-electron chi connectivity index (χ2n) is 5.26. The van der Waals surface area contributed by atoms with E-state index in [0.29, 0.717) is 22.7 Å². The zero-order valence-corrected chi connectivity index (χ0v) is 14.2. The van der Waals surface area contributed by atoms with E-state index < -0.39 is 0 Å². The van der Waals surface area contributed by atoms with Crippen LogP contribution in [-0.4, -0.2) is 45.5 Å². The van der Waals surface area contributed by atoms with Crippen molar-refractivity contribution in [2.24, 2.45) is 0 Å². The van der Waals surface area contributed by atoms with Crippen molar-refractivity contribution >= 4 is 11.8 Å². The van der Waals surface area contributed by atoms with Gasteiger partial charge in [0.25, 0.3) is 0 Å². The van der Waals surface area contributed by atoms with Gasteiger partial charge in [0.15, 0.2) is 5.82 Å². The molecule has 0 aliphatic carbocycles. The summed E-state index contributed by atoms with van der Waals surface area (Å²) in [5.41, 5.74) is 2.06. The zero-order chi connectivity index (χ0) is 17.2. The molecule has 1 atom stereocenters. The molecule has 1 N–H and O–H groups in total. The standard InChI is InChI=1S/C14H13N9OS/c1-8-3-5-10(6-4-8)23-14(19-21-22-23)25-9(2)13-17-12(20-24-13)11-15-7-16-18-11/h3-7,9H,1-2H3,(H,15,16,18)/t9-/m1/s1. The number of rotatable bonds is 5. The quantitative estimate of drug-likeness (QED) is 0.535. The van der Waals surface area contributed by atoms with Gasteiger partial charge in [0.05, 0.1) is 10.9 Å². The first kappa shape index (κ1) is 15.4. The highest BCUT2D eigenvalue weighted by atomic mass is 32.2. The van der Waals surface area contributed by atoms with Gasteiger partial charge in [0, 0.05) is 0 Å². The summed E-state index contributed by atoms with van der Waals surface area (Å²) >= 11 is 1.42. The van der Waals surface area contributed by atoms with Gasteiger partial charge in [-0.15, -0.1) is 5.10 Å². The summed E-state index contributed by atoms with van der Waals surface area (Å²) in [7, 11) is 0. The molecule has 0 saturated heterocycles. The summed E-state index contributed by atoms with van der Waals surface area (Å²) in [6.45, 7) is 3.97. The van der Waals surface area contributed by atoms with Gasteiger partial charge in [0.1, 0.15) is 6.33 Å². The fourth-order valence-corrected chi connectivity index (χ4v) is 2.96. The molecule has 10 nitrogen and oxygen atoms in total. The van der Waals surface area contributed by atoms with E-state index in [-0.39, 0.29) is 5.25 Å². The summed E-state index contributed by atoms with van der Waals surface area (Å²) in [6.07, 6.45) is 1.39. The van der Waals surface area contributed by atoms with Crippen LogP contribution in [0, 0.1) is 6.92 Å². The van der Waals surface area contributed by atoms with Crippen LogP contribution >= 0.6 is 11.8 Å². The molecule has 0 amide bonds. The average Bonchev–Trinajstić information content (AvgIpc) is 3.36. The Labute approximate surface area is 146 Å². The van der Waals surface area contributed by atoms with Gasteiger partial charge in [-0.3, -0.25) is 5.10 Å². The normalized spacial score (nSPS) is 12.4. The first-order valence-electron chi connectivity index (χ1n) is 7.42. The second kappa shape index (κ2) is 6.43. The minimum absolute atomic E-state index is 0.139. The highest BCUT2D eigenvalue weighted by molar-refractivity contribution is 7.99. The summed E-state index contributed by atoms with van der Waals surface area (Å²) in [6, 6.07) is 7.96. The van der Waals surface area contributed by atoms with Gasteiger partial charge >= 0.3 is 0 Å². The molecule has 3 aromatic heterocycles. The lowest BCUT2D eigenvalue weighted by atomic mass is 10.2. The molecular formula is C14H13N9OS. The molecule has 11 heteroatoms. The minimum atomic E-state index is -0.139. The maximum absolute atomic E-state index is 5.31. The Bertz CT molecular complexity index is 961. The Hall–Kier alpha value is -3.08. The van der Waals surface area contributed by atoms with E-state index in [9.17, 15) is 0 Å². The van der Waals surface area contributed by atoms with Crippen molar-refractivity contribution in [2.75, 3.05) is 0 Å². The van der Waals surface area contributed by atoms with Gasteiger partial charge < -0.3 is 4.52 Å². The molecule has 1 aromatic carbocycles. The third kappa shape index (κ3) is 3.13. The van der Waals surface area contributed by atoms with Crippen molar-refractivity contribution in [2.45, 2.75) is 24.3 Å². The number of aryl methyl sites for hydroxylation is 1. The number of aromatic nitrogens is 9. The molecule has 3 heterocycles.